The zero-order valence-corrected chi connectivity index (χ0v) is 8.58. The minimum atomic E-state index is -4.59. The van der Waals surface area contributed by atoms with Gasteiger partial charge in [0.2, 0.25) is 0 Å². The number of halogens is 3. The van der Waals surface area contributed by atoms with Gasteiger partial charge >= 0.3 is 6.18 Å². The van der Waals surface area contributed by atoms with Crippen LogP contribution in [0.4, 0.5) is 13.2 Å². The monoisotopic (exact) mass is 240 g/mol. The molecule has 0 saturated carbocycles. The SMILES string of the molecule is N#CCCOc1ccc(C#N)cc1C(F)(F)F. The first-order valence-electron chi connectivity index (χ1n) is 4.60. The lowest BCUT2D eigenvalue weighted by Gasteiger charge is -2.13. The van der Waals surface area contributed by atoms with E-state index in [2.05, 4.69) is 0 Å². The topological polar surface area (TPSA) is 56.8 Å². The smallest absolute Gasteiger partial charge is 0.420 e. The van der Waals surface area contributed by atoms with Crippen molar-refractivity contribution in [1.82, 2.24) is 0 Å². The molecule has 1 aromatic rings. The Morgan fingerprint density at radius 2 is 1.94 bits per heavy atom. The number of alkyl halides is 3. The molecule has 0 heterocycles. The quantitative estimate of drug-likeness (QED) is 0.763. The van der Waals surface area contributed by atoms with Gasteiger partial charge < -0.3 is 4.74 Å². The van der Waals surface area contributed by atoms with Crippen LogP contribution in [0.2, 0.25) is 0 Å². The van der Waals surface area contributed by atoms with Gasteiger partial charge in [0, 0.05) is 0 Å². The Kier molecular flexibility index (Phi) is 3.95. The minimum absolute atomic E-state index is 0.00268. The van der Waals surface area contributed by atoms with E-state index < -0.39 is 11.7 Å². The fourth-order valence-corrected chi connectivity index (χ4v) is 1.15. The molecule has 1 aromatic carbocycles. The summed E-state index contributed by atoms with van der Waals surface area (Å²) in [5.41, 5.74) is -1.10. The van der Waals surface area contributed by atoms with Crippen LogP contribution in [-0.4, -0.2) is 6.61 Å². The summed E-state index contributed by atoms with van der Waals surface area (Å²) in [5, 5.41) is 16.8. The highest BCUT2D eigenvalue weighted by Gasteiger charge is 2.34. The van der Waals surface area contributed by atoms with Gasteiger partial charge in [-0.3, -0.25) is 0 Å². The van der Waals surface area contributed by atoms with Gasteiger partial charge in [0.15, 0.2) is 0 Å². The third-order valence-electron chi connectivity index (χ3n) is 1.89. The molecule has 0 unspecified atom stereocenters. The Hall–Kier alpha value is -2.21. The molecule has 0 bridgehead atoms. The summed E-state index contributed by atoms with van der Waals surface area (Å²) < 4.78 is 42.7. The van der Waals surface area contributed by atoms with Gasteiger partial charge in [-0.1, -0.05) is 0 Å². The van der Waals surface area contributed by atoms with E-state index in [0.29, 0.717) is 0 Å². The largest absolute Gasteiger partial charge is 0.492 e. The van der Waals surface area contributed by atoms with Crippen LogP contribution in [0.1, 0.15) is 17.5 Å². The van der Waals surface area contributed by atoms with Crippen LogP contribution in [0.15, 0.2) is 18.2 Å². The molecule has 0 spiro atoms. The van der Waals surface area contributed by atoms with Crippen LogP contribution in [0.25, 0.3) is 0 Å². The molecule has 0 atom stereocenters. The van der Waals surface area contributed by atoms with Crippen molar-refractivity contribution in [1.29, 1.82) is 10.5 Å². The van der Waals surface area contributed by atoms with Crippen LogP contribution in [0.3, 0.4) is 0 Å². The number of ether oxygens (including phenoxy) is 1. The van der Waals surface area contributed by atoms with Crippen molar-refractivity contribution in [2.45, 2.75) is 12.6 Å². The van der Waals surface area contributed by atoms with Crippen molar-refractivity contribution in [3.8, 4) is 17.9 Å². The summed E-state index contributed by atoms with van der Waals surface area (Å²) in [6, 6.07) is 6.43. The molecule has 6 heteroatoms. The molecule has 0 fully saturated rings. The minimum Gasteiger partial charge on any atom is -0.492 e. The Morgan fingerprint density at radius 3 is 2.47 bits per heavy atom. The number of nitrogens with zero attached hydrogens (tertiary/aromatic N) is 2. The highest BCUT2D eigenvalue weighted by atomic mass is 19.4. The Balaban J connectivity index is 3.05. The predicted octanol–water partition coefficient (Wildman–Crippen LogP) is 2.87. The van der Waals surface area contributed by atoms with Crippen molar-refractivity contribution in [2.24, 2.45) is 0 Å². The number of nitriles is 2. The Labute approximate surface area is 95.7 Å². The van der Waals surface area contributed by atoms with Gasteiger partial charge in [-0.25, -0.2) is 0 Å². The maximum absolute atomic E-state index is 12.6. The van der Waals surface area contributed by atoms with Crippen molar-refractivity contribution in [3.63, 3.8) is 0 Å². The lowest BCUT2D eigenvalue weighted by atomic mass is 10.1. The molecule has 17 heavy (non-hydrogen) atoms. The molecular weight excluding hydrogens is 233 g/mol. The Bertz CT molecular complexity index is 483. The van der Waals surface area contributed by atoms with Gasteiger partial charge in [-0.2, -0.15) is 23.7 Å². The molecule has 0 aliphatic heterocycles. The number of benzene rings is 1. The van der Waals surface area contributed by atoms with E-state index >= 15 is 0 Å². The van der Waals surface area contributed by atoms with Gasteiger partial charge in [-0.05, 0) is 18.2 Å². The van der Waals surface area contributed by atoms with Crippen molar-refractivity contribution in [2.75, 3.05) is 6.61 Å². The predicted molar refractivity (Wildman–Crippen MR) is 51.9 cm³/mol. The molecule has 0 saturated heterocycles. The summed E-state index contributed by atoms with van der Waals surface area (Å²) in [6.45, 7) is -0.120. The highest BCUT2D eigenvalue weighted by Crippen LogP contribution is 2.36. The molecular formula is C11H7F3N2O. The molecule has 0 N–H and O–H groups in total. The molecule has 1 rings (SSSR count). The fourth-order valence-electron chi connectivity index (χ4n) is 1.15. The summed E-state index contributed by atoms with van der Waals surface area (Å²) in [4.78, 5) is 0. The maximum Gasteiger partial charge on any atom is 0.420 e. The summed E-state index contributed by atoms with van der Waals surface area (Å²) >= 11 is 0. The molecule has 3 nitrogen and oxygen atoms in total. The first-order valence-corrected chi connectivity index (χ1v) is 4.60. The third-order valence-corrected chi connectivity index (χ3v) is 1.89. The number of hydrogen-bond donors (Lipinski definition) is 0. The maximum atomic E-state index is 12.6. The third kappa shape index (κ3) is 3.39. The average Bonchev–Trinajstić information content (AvgIpc) is 2.28. The van der Waals surface area contributed by atoms with Crippen molar-refractivity contribution >= 4 is 0 Å². The second-order valence-electron chi connectivity index (χ2n) is 3.08. The van der Waals surface area contributed by atoms with E-state index in [1.165, 1.54) is 6.07 Å². The lowest BCUT2D eigenvalue weighted by molar-refractivity contribution is -0.138. The van der Waals surface area contributed by atoms with E-state index in [0.717, 1.165) is 12.1 Å². The normalized spacial score (nSPS) is 10.4. The molecule has 0 amide bonds. The van der Waals surface area contributed by atoms with Crippen LogP contribution >= 0.6 is 0 Å². The lowest BCUT2D eigenvalue weighted by Crippen LogP contribution is -2.09. The highest BCUT2D eigenvalue weighted by molar-refractivity contribution is 5.43. The summed E-state index contributed by atoms with van der Waals surface area (Å²) in [7, 11) is 0. The summed E-state index contributed by atoms with van der Waals surface area (Å²) in [5.74, 6) is -0.369. The first-order chi connectivity index (χ1) is 7.99. The first kappa shape index (κ1) is 12.9. The molecule has 0 aliphatic rings. The van der Waals surface area contributed by atoms with Gasteiger partial charge in [-0.15, -0.1) is 0 Å². The van der Waals surface area contributed by atoms with E-state index in [-0.39, 0.29) is 24.3 Å². The standard InChI is InChI=1S/C11H7F3N2O/c12-11(13,14)9-6-8(7-16)2-3-10(9)17-5-1-4-15/h2-3,6H,1,5H2. The van der Waals surface area contributed by atoms with E-state index in [1.54, 1.807) is 12.1 Å². The van der Waals surface area contributed by atoms with Crippen molar-refractivity contribution < 1.29 is 17.9 Å². The van der Waals surface area contributed by atoms with Crippen molar-refractivity contribution in [3.05, 3.63) is 29.3 Å². The van der Waals surface area contributed by atoms with E-state index in [1.807, 2.05) is 0 Å². The zero-order chi connectivity index (χ0) is 12.9. The van der Waals surface area contributed by atoms with Gasteiger partial charge in [0.05, 0.1) is 29.7 Å². The Morgan fingerprint density at radius 1 is 1.24 bits per heavy atom. The van der Waals surface area contributed by atoms with Gasteiger partial charge in [0.25, 0.3) is 0 Å². The van der Waals surface area contributed by atoms with Crippen LogP contribution < -0.4 is 4.74 Å². The average molecular weight is 240 g/mol. The molecule has 0 radical (unpaired) electrons. The molecule has 88 valence electrons. The van der Waals surface area contributed by atoms with Gasteiger partial charge in [0.1, 0.15) is 12.4 Å². The van der Waals surface area contributed by atoms with Crippen LogP contribution in [-0.2, 0) is 6.18 Å². The van der Waals surface area contributed by atoms with Crippen LogP contribution in [0, 0.1) is 22.7 Å². The molecule has 0 aliphatic carbocycles. The second kappa shape index (κ2) is 5.22. The zero-order valence-electron chi connectivity index (χ0n) is 8.58. The fraction of sp³-hybridized carbons (Fsp3) is 0.273. The second-order valence-corrected chi connectivity index (χ2v) is 3.08. The van der Waals surface area contributed by atoms with E-state index in [4.69, 9.17) is 15.3 Å². The molecule has 0 aromatic heterocycles. The number of rotatable bonds is 3. The van der Waals surface area contributed by atoms with E-state index in [9.17, 15) is 13.2 Å². The van der Waals surface area contributed by atoms with Crippen LogP contribution in [0.5, 0.6) is 5.75 Å². The number of hydrogen-bond acceptors (Lipinski definition) is 3. The summed E-state index contributed by atoms with van der Waals surface area (Å²) in [6.07, 6.45) is -4.59.